The third-order valence-corrected chi connectivity index (χ3v) is 17.9. The van der Waals surface area contributed by atoms with Crippen LogP contribution in [0, 0.1) is 66.0 Å². The Hall–Kier alpha value is -11.2. The quantitative estimate of drug-likeness (QED) is 0.0559. The summed E-state index contributed by atoms with van der Waals surface area (Å²) in [7, 11) is 0. The first-order chi connectivity index (χ1) is 51.3. The van der Waals surface area contributed by atoms with Crippen molar-refractivity contribution in [2.75, 3.05) is 0 Å². The van der Waals surface area contributed by atoms with Crippen LogP contribution in [-0.2, 0) is 79.4 Å². The molecule has 0 spiro atoms. The number of benzene rings is 6. The molecule has 6 aromatic carbocycles. The fraction of sp³-hybridized carbons (Fsp3) is 0.0787. The number of nitrogens with zero attached hydrogens (tertiary/aromatic N) is 9. The number of carbonyl (C=O) groups is 1. The van der Waals surface area contributed by atoms with Gasteiger partial charge in [-0.15, -0.1) is 77.9 Å². The molecule has 9 heterocycles. The van der Waals surface area contributed by atoms with Gasteiger partial charge in [-0.25, -0.2) is 36.1 Å². The Morgan fingerprint density at radius 2 is 0.596 bits per heavy atom. The Morgan fingerprint density at radius 1 is 0.303 bits per heavy atom. The minimum atomic E-state index is -1.19. The summed E-state index contributed by atoms with van der Waals surface area (Å²) in [5.74, 6) is -7.17. The van der Waals surface area contributed by atoms with E-state index in [9.17, 15) is 31.1 Å². The maximum absolute atomic E-state index is 14.7. The summed E-state index contributed by atoms with van der Waals surface area (Å²) in [6.45, 7) is 8.01. The Morgan fingerprint density at radius 3 is 0.917 bits per heavy atom. The molecule has 0 amide bonds. The molecule has 0 aliphatic rings. The van der Waals surface area contributed by atoms with Gasteiger partial charge in [-0.05, 0) is 110 Å². The van der Waals surface area contributed by atoms with E-state index in [1.807, 2.05) is 111 Å². The molecule has 0 fully saturated rings. The molecule has 15 rings (SSSR count). The van der Waals surface area contributed by atoms with Crippen LogP contribution < -0.4 is 0 Å². The third-order valence-electron chi connectivity index (χ3n) is 17.9. The van der Waals surface area contributed by atoms with Crippen LogP contribution >= 0.6 is 0 Å². The van der Waals surface area contributed by atoms with Crippen molar-refractivity contribution in [2.24, 2.45) is 0 Å². The molecule has 0 atom stereocenters. The Bertz CT molecular complexity index is 5360. The molecule has 109 heavy (non-hydrogen) atoms. The second kappa shape index (κ2) is 35.7. The van der Waals surface area contributed by atoms with Gasteiger partial charge < -0.3 is 20.1 Å². The maximum Gasteiger partial charge on any atom is 2.00 e. The van der Waals surface area contributed by atoms with E-state index in [0.29, 0.717) is 22.8 Å². The number of aromatic nitrogens is 9. The SMILES string of the molecule is CC(C)(c1cccc(-c2[c-]cc(-c3ccccc3)cc2)n1)c1cccc(-c2[c-]cc(-c3ccccc3)cc2)n1.CC(C)(c1cccc(C(=O)O)n1)c1cccc(-c2[c-]cc(F)nc2F)n1.Fc1c[c-]c(-c2cccc(C(c3ccccc3)(c3ccccc3)c3cccc(-c4[c-]cc(F)nc4F)n3)n2)c(F)n1.[Pt+2].[Pt+2].[Pt]. The van der Waals surface area contributed by atoms with E-state index < -0.39 is 52.5 Å². The van der Waals surface area contributed by atoms with E-state index in [1.165, 1.54) is 17.2 Å². The average Bonchev–Trinajstić information content (AvgIpc) is 0.728. The van der Waals surface area contributed by atoms with Gasteiger partial charge in [-0.2, -0.15) is 0 Å². The molecule has 0 bridgehead atoms. The van der Waals surface area contributed by atoms with Crippen molar-refractivity contribution in [3.8, 4) is 78.5 Å². The van der Waals surface area contributed by atoms with Gasteiger partial charge in [0.1, 0.15) is 46.8 Å². The second-order valence-electron chi connectivity index (χ2n) is 25.4. The first-order valence-corrected chi connectivity index (χ1v) is 33.4. The van der Waals surface area contributed by atoms with Crippen molar-refractivity contribution < 1.29 is 99.4 Å². The van der Waals surface area contributed by atoms with Crippen molar-refractivity contribution >= 4 is 5.97 Å². The zero-order chi connectivity index (χ0) is 74.0. The van der Waals surface area contributed by atoms with Gasteiger partial charge >= 0.3 is 48.1 Å². The molecule has 0 aliphatic heterocycles. The number of hydrogen-bond acceptors (Lipinski definition) is 10. The van der Waals surface area contributed by atoms with Crippen molar-refractivity contribution in [2.45, 2.75) is 43.9 Å². The van der Waals surface area contributed by atoms with Crippen LogP contribution in [0.2, 0.25) is 0 Å². The zero-order valence-electron chi connectivity index (χ0n) is 58.2. The largest absolute Gasteiger partial charge is 2.00 e. The summed E-state index contributed by atoms with van der Waals surface area (Å²) in [5, 5.41) is 9.13. The topological polar surface area (TPSA) is 153 Å². The van der Waals surface area contributed by atoms with Crippen molar-refractivity contribution in [1.82, 2.24) is 44.9 Å². The standard InChI is InChI=1S/C37H28N2.C33H18F4N4.C19H14F2N3O2.3Pt/c1-37(2,35-17-9-15-33(38-35)31-23-19-29(20-24-31)27-11-5-3-6-12-27)36-18-10-16-34(39-36)32-25-21-30(22-26-32)28-13-7-4-8-14-28;34-29-19-17-23(31(36)40-29)25-13-7-15-27(38-25)33(21-9-3-1-4-10-21,22-11-5-2-6-12-22)28-16-8-14-26(39-28)24-18-20-30(35)41-32(24)37;1-19(2,15-8-4-6-13(23-15)18(25)26)14-7-3-5-12(22-14)11-9-10-16(20)24-17(11)21;;;/h3-23,25H,1-2H3;1-16,19-20H;3-8,10H,1-2H3,(H,25,26);;;/q2*-2;-1;;2*+2. The van der Waals surface area contributed by atoms with Gasteiger partial charge in [0.05, 0.1) is 17.1 Å². The first-order valence-electron chi connectivity index (χ1n) is 33.4. The predicted molar refractivity (Wildman–Crippen MR) is 394 cm³/mol. The molecule has 9 aromatic heterocycles. The van der Waals surface area contributed by atoms with E-state index in [4.69, 9.17) is 25.0 Å². The summed E-state index contributed by atoms with van der Waals surface area (Å²) in [4.78, 5) is 49.3. The van der Waals surface area contributed by atoms with Crippen LogP contribution in [-0.4, -0.2) is 55.9 Å². The molecule has 0 radical (unpaired) electrons. The van der Waals surface area contributed by atoms with Crippen molar-refractivity contribution in [1.29, 1.82) is 0 Å². The fourth-order valence-corrected chi connectivity index (χ4v) is 12.2. The summed E-state index contributed by atoms with van der Waals surface area (Å²) in [6, 6.07) is 102. The van der Waals surface area contributed by atoms with Crippen LogP contribution in [0.15, 0.2) is 285 Å². The van der Waals surface area contributed by atoms with E-state index in [0.717, 1.165) is 74.4 Å². The van der Waals surface area contributed by atoms with E-state index in [-0.39, 0.29) is 108 Å². The van der Waals surface area contributed by atoms with Gasteiger partial charge in [0.15, 0.2) is 0 Å². The summed E-state index contributed by atoms with van der Waals surface area (Å²) >= 11 is 0. The first kappa shape index (κ1) is 80.3. The van der Waals surface area contributed by atoms with E-state index in [2.05, 4.69) is 166 Å². The molecule has 0 saturated heterocycles. The van der Waals surface area contributed by atoms with Gasteiger partial charge in [-0.3, -0.25) is 24.9 Å². The van der Waals surface area contributed by atoms with Crippen LogP contribution in [0.5, 0.6) is 0 Å². The predicted octanol–water partition coefficient (Wildman–Crippen LogP) is 19.8. The van der Waals surface area contributed by atoms with Crippen molar-refractivity contribution in [3.05, 3.63) is 402 Å². The average molecular weight is 1990 g/mol. The Labute approximate surface area is 669 Å². The van der Waals surface area contributed by atoms with Gasteiger partial charge in [0.2, 0.25) is 0 Å². The minimum absolute atomic E-state index is 0. The van der Waals surface area contributed by atoms with Gasteiger partial charge in [0.25, 0.3) is 0 Å². The smallest absolute Gasteiger partial charge is 0.477 e. The van der Waals surface area contributed by atoms with Crippen molar-refractivity contribution in [3.63, 3.8) is 0 Å². The number of carboxylic acid groups (broad SMARTS) is 1. The van der Waals surface area contributed by atoms with Crippen LogP contribution in [0.1, 0.15) is 83.5 Å². The third kappa shape index (κ3) is 18.0. The molecule has 15 aromatic rings. The molecule has 11 nitrogen and oxygen atoms in total. The Kier molecular flexibility index (Phi) is 26.3. The van der Waals surface area contributed by atoms with Crippen LogP contribution in [0.4, 0.5) is 26.3 Å². The maximum atomic E-state index is 14.7. The zero-order valence-corrected chi connectivity index (χ0v) is 65.0. The summed E-state index contributed by atoms with van der Waals surface area (Å²) < 4.78 is 83.5. The minimum Gasteiger partial charge on any atom is -0.477 e. The monoisotopic (exact) mass is 1990 g/mol. The molecule has 0 saturated carbocycles. The number of pyridine rings is 9. The molecule has 546 valence electrons. The van der Waals surface area contributed by atoms with Gasteiger partial charge in [-0.1, -0.05) is 245 Å². The van der Waals surface area contributed by atoms with E-state index >= 15 is 0 Å². The summed E-state index contributed by atoms with van der Waals surface area (Å²) in [5.41, 5.74) is 11.8. The number of hydrogen-bond donors (Lipinski definition) is 1. The molecule has 20 heteroatoms. The van der Waals surface area contributed by atoms with E-state index in [1.54, 1.807) is 66.7 Å². The number of halogens is 6. The summed E-state index contributed by atoms with van der Waals surface area (Å²) in [6.07, 6.45) is 0. The van der Waals surface area contributed by atoms with Crippen LogP contribution in [0.25, 0.3) is 78.5 Å². The molecular weight excluding hydrogens is 1930 g/mol. The number of aromatic carboxylic acids is 1. The number of carboxylic acids is 1. The molecule has 1 N–H and O–H groups in total. The second-order valence-corrected chi connectivity index (χ2v) is 25.4. The molecular formula is C89H60F6N9O2Pt3-. The van der Waals surface area contributed by atoms with Gasteiger partial charge in [0, 0.05) is 49.0 Å². The molecule has 0 unspecified atom stereocenters. The fourth-order valence-electron chi connectivity index (χ4n) is 12.2. The normalized spacial score (nSPS) is 11.1. The Balaban J connectivity index is 0.000000176. The van der Waals surface area contributed by atoms with Crippen LogP contribution in [0.3, 0.4) is 0 Å². The molecule has 0 aliphatic carbocycles. The number of rotatable bonds is 16.